The fraction of sp³-hybridized carbons (Fsp3) is 0.333. The zero-order valence-corrected chi connectivity index (χ0v) is 9.14. The molecule has 0 fully saturated rings. The third kappa shape index (κ3) is 4.67. The number of hydrogen-bond donors (Lipinski definition) is 0. The van der Waals surface area contributed by atoms with Gasteiger partial charge in [-0.3, -0.25) is 0 Å². The summed E-state index contributed by atoms with van der Waals surface area (Å²) in [5.74, 6) is 0.603. The first-order valence-electron chi connectivity index (χ1n) is 3.27. The average Bonchev–Trinajstić information content (AvgIpc) is 1.90. The van der Waals surface area contributed by atoms with E-state index >= 15 is 0 Å². The van der Waals surface area contributed by atoms with Crippen molar-refractivity contribution in [3.05, 3.63) is 35.9 Å². The normalized spacial score (nSPS) is 8.27. The number of hydrogen-bond acceptors (Lipinski definition) is 0. The molecule has 56 valence electrons. The van der Waals surface area contributed by atoms with Crippen molar-refractivity contribution in [1.82, 2.24) is 0 Å². The predicted molar refractivity (Wildman–Crippen MR) is 45.1 cm³/mol. The molecule has 0 amide bonds. The summed E-state index contributed by atoms with van der Waals surface area (Å²) in [5, 5.41) is 0. The van der Waals surface area contributed by atoms with Gasteiger partial charge in [0, 0.05) is 0 Å². The van der Waals surface area contributed by atoms with Crippen molar-refractivity contribution in [2.45, 2.75) is 19.8 Å². The van der Waals surface area contributed by atoms with Gasteiger partial charge in [-0.05, 0) is 5.92 Å². The second-order valence-electron chi connectivity index (χ2n) is 2.47. The molecule has 0 aliphatic carbocycles. The molecule has 0 spiro atoms. The van der Waals surface area contributed by atoms with Crippen LogP contribution in [0.3, 0.4) is 0 Å². The molecular weight excluding hydrogens is 168 g/mol. The summed E-state index contributed by atoms with van der Waals surface area (Å²) in [6.45, 7) is 4.34. The molecule has 0 heterocycles. The van der Waals surface area contributed by atoms with Crippen molar-refractivity contribution < 1.29 is 12.4 Å². The van der Waals surface area contributed by atoms with E-state index < -0.39 is 0 Å². The van der Waals surface area contributed by atoms with Crippen LogP contribution in [0.5, 0.6) is 0 Å². The topological polar surface area (TPSA) is 0 Å². The standard InChI is InChI=1S/C9H11.ClH.Mg/c1-8(2)9-6-4-3-5-7-9;;/h3-6,8H,1-2H3;1H;/q-1;;+2/p-1. The maximum atomic E-state index is 3.17. The Bertz CT molecular complexity index is 172. The Kier molecular flexibility index (Phi) is 8.75. The van der Waals surface area contributed by atoms with Crippen LogP contribution in [0.15, 0.2) is 24.3 Å². The van der Waals surface area contributed by atoms with Gasteiger partial charge in [0.2, 0.25) is 0 Å². The van der Waals surface area contributed by atoms with Crippen LogP contribution in [0, 0.1) is 6.07 Å². The molecule has 0 radical (unpaired) electrons. The van der Waals surface area contributed by atoms with Gasteiger partial charge >= 0.3 is 23.1 Å². The van der Waals surface area contributed by atoms with E-state index in [9.17, 15) is 0 Å². The van der Waals surface area contributed by atoms with Crippen molar-refractivity contribution >= 4 is 23.1 Å². The van der Waals surface area contributed by atoms with Gasteiger partial charge in [0.05, 0.1) is 0 Å². The van der Waals surface area contributed by atoms with Crippen LogP contribution >= 0.6 is 0 Å². The van der Waals surface area contributed by atoms with Gasteiger partial charge in [-0.15, -0.1) is 0 Å². The molecule has 0 nitrogen and oxygen atoms in total. The van der Waals surface area contributed by atoms with Gasteiger partial charge < -0.3 is 12.4 Å². The second-order valence-corrected chi connectivity index (χ2v) is 2.47. The van der Waals surface area contributed by atoms with E-state index in [0.29, 0.717) is 5.92 Å². The molecular formula is C9H11ClMg. The molecule has 0 saturated carbocycles. The van der Waals surface area contributed by atoms with E-state index in [2.05, 4.69) is 26.0 Å². The van der Waals surface area contributed by atoms with Crippen molar-refractivity contribution in [1.29, 1.82) is 0 Å². The smallest absolute Gasteiger partial charge is 1.00 e. The van der Waals surface area contributed by atoms with Crippen molar-refractivity contribution in [3.63, 3.8) is 0 Å². The second kappa shape index (κ2) is 6.95. The fourth-order valence-corrected chi connectivity index (χ4v) is 0.766. The van der Waals surface area contributed by atoms with Crippen LogP contribution in [0.25, 0.3) is 0 Å². The summed E-state index contributed by atoms with van der Waals surface area (Å²) in [7, 11) is 0. The van der Waals surface area contributed by atoms with Crippen molar-refractivity contribution in [2.24, 2.45) is 0 Å². The van der Waals surface area contributed by atoms with Crippen molar-refractivity contribution in [3.8, 4) is 0 Å². The largest absolute Gasteiger partial charge is 2.00 e. The van der Waals surface area contributed by atoms with Crippen LogP contribution in [-0.2, 0) is 0 Å². The Labute approximate surface area is 90.9 Å². The predicted octanol–water partition coefficient (Wildman–Crippen LogP) is -0.767. The molecule has 0 saturated heterocycles. The number of rotatable bonds is 1. The maximum Gasteiger partial charge on any atom is 2.00 e. The summed E-state index contributed by atoms with van der Waals surface area (Å²) in [6, 6.07) is 11.3. The zero-order valence-electron chi connectivity index (χ0n) is 6.97. The first-order valence-corrected chi connectivity index (χ1v) is 3.27. The third-order valence-electron chi connectivity index (χ3n) is 1.36. The van der Waals surface area contributed by atoms with E-state index in [1.165, 1.54) is 5.56 Å². The number of benzene rings is 1. The van der Waals surface area contributed by atoms with Crippen molar-refractivity contribution in [2.75, 3.05) is 0 Å². The van der Waals surface area contributed by atoms with E-state index in [-0.39, 0.29) is 35.5 Å². The minimum absolute atomic E-state index is 0. The van der Waals surface area contributed by atoms with E-state index in [1.54, 1.807) is 0 Å². The Hall–Kier alpha value is 0.276. The summed E-state index contributed by atoms with van der Waals surface area (Å²) in [5.41, 5.74) is 1.29. The van der Waals surface area contributed by atoms with Gasteiger partial charge in [0.25, 0.3) is 0 Å². The Morgan fingerprint density at radius 1 is 1.27 bits per heavy atom. The molecule has 0 bridgehead atoms. The molecule has 0 unspecified atom stereocenters. The third-order valence-corrected chi connectivity index (χ3v) is 1.36. The molecule has 11 heavy (non-hydrogen) atoms. The monoisotopic (exact) mass is 178 g/mol. The summed E-state index contributed by atoms with van der Waals surface area (Å²) in [4.78, 5) is 0. The zero-order chi connectivity index (χ0) is 6.69. The minimum atomic E-state index is 0. The Morgan fingerprint density at radius 3 is 2.18 bits per heavy atom. The van der Waals surface area contributed by atoms with Crippen LogP contribution < -0.4 is 12.4 Å². The molecule has 0 aliphatic heterocycles. The molecule has 0 aromatic heterocycles. The first kappa shape index (κ1) is 13.8. The van der Waals surface area contributed by atoms with Crippen LogP contribution in [0.1, 0.15) is 25.3 Å². The fourth-order valence-electron chi connectivity index (χ4n) is 0.766. The average molecular weight is 179 g/mol. The van der Waals surface area contributed by atoms with Gasteiger partial charge in [0.15, 0.2) is 0 Å². The molecule has 2 heteroatoms. The van der Waals surface area contributed by atoms with E-state index in [4.69, 9.17) is 0 Å². The molecule has 0 atom stereocenters. The van der Waals surface area contributed by atoms with Crippen LogP contribution in [-0.4, -0.2) is 23.1 Å². The summed E-state index contributed by atoms with van der Waals surface area (Å²) >= 11 is 0. The van der Waals surface area contributed by atoms with Crippen LogP contribution in [0.2, 0.25) is 0 Å². The van der Waals surface area contributed by atoms with Gasteiger partial charge in [-0.2, -0.15) is 35.9 Å². The van der Waals surface area contributed by atoms with Gasteiger partial charge in [-0.1, -0.05) is 13.8 Å². The SMILES string of the molecule is CC(C)c1[c-]cccc1.[Cl-].[Mg+2]. The minimum Gasteiger partial charge on any atom is -1.00 e. The van der Waals surface area contributed by atoms with Crippen LogP contribution in [0.4, 0.5) is 0 Å². The molecule has 0 N–H and O–H groups in total. The van der Waals surface area contributed by atoms with Gasteiger partial charge in [0.1, 0.15) is 0 Å². The Balaban J connectivity index is 0. The van der Waals surface area contributed by atoms with Gasteiger partial charge in [-0.25, -0.2) is 0 Å². The maximum absolute atomic E-state index is 3.17. The molecule has 1 aromatic rings. The molecule has 1 rings (SSSR count). The quantitative estimate of drug-likeness (QED) is 0.392. The van der Waals surface area contributed by atoms with E-state index in [1.807, 2.05) is 18.2 Å². The number of halogens is 1. The molecule has 0 aliphatic rings. The molecule has 1 aromatic carbocycles. The van der Waals surface area contributed by atoms with E-state index in [0.717, 1.165) is 0 Å². The summed E-state index contributed by atoms with van der Waals surface area (Å²) in [6.07, 6.45) is 0. The Morgan fingerprint density at radius 2 is 1.91 bits per heavy atom. The summed E-state index contributed by atoms with van der Waals surface area (Å²) < 4.78 is 0. The first-order chi connectivity index (χ1) is 4.30.